The number of anilines is 2. The number of methoxy groups -OCH3 is 1. The SMILES string of the molecule is COc1ccc(-c2cc(Nc3ccc(F)c(F)c3)nn2CCC(=O)N(C)C)cc1. The molecule has 0 fully saturated rings. The maximum atomic E-state index is 13.5. The molecule has 1 heterocycles. The van der Waals surface area contributed by atoms with Crippen LogP contribution in [0.2, 0.25) is 0 Å². The van der Waals surface area contributed by atoms with Gasteiger partial charge in [-0.25, -0.2) is 8.78 Å². The highest BCUT2D eigenvalue weighted by molar-refractivity contribution is 5.75. The van der Waals surface area contributed by atoms with Crippen molar-refractivity contribution in [1.82, 2.24) is 14.7 Å². The Bertz CT molecular complexity index is 1000. The summed E-state index contributed by atoms with van der Waals surface area (Å²) in [5.41, 5.74) is 2.04. The van der Waals surface area contributed by atoms with Crippen molar-refractivity contribution in [3.8, 4) is 17.0 Å². The van der Waals surface area contributed by atoms with Crippen molar-refractivity contribution in [2.45, 2.75) is 13.0 Å². The lowest BCUT2D eigenvalue weighted by Crippen LogP contribution is -2.23. The van der Waals surface area contributed by atoms with E-state index in [0.717, 1.165) is 29.1 Å². The first kappa shape index (κ1) is 20.3. The van der Waals surface area contributed by atoms with E-state index in [1.54, 1.807) is 32.0 Å². The molecule has 1 amide bonds. The lowest BCUT2D eigenvalue weighted by molar-refractivity contribution is -0.128. The van der Waals surface area contributed by atoms with Gasteiger partial charge in [0.2, 0.25) is 5.91 Å². The third-order valence-corrected chi connectivity index (χ3v) is 4.39. The summed E-state index contributed by atoms with van der Waals surface area (Å²) in [7, 11) is 4.99. The third-order valence-electron chi connectivity index (χ3n) is 4.39. The second kappa shape index (κ2) is 8.72. The van der Waals surface area contributed by atoms with Gasteiger partial charge in [-0.3, -0.25) is 9.48 Å². The normalized spacial score (nSPS) is 10.7. The Morgan fingerprint density at radius 1 is 1.10 bits per heavy atom. The number of amides is 1. The van der Waals surface area contributed by atoms with Gasteiger partial charge in [0, 0.05) is 43.9 Å². The van der Waals surface area contributed by atoms with Gasteiger partial charge >= 0.3 is 0 Å². The fourth-order valence-electron chi connectivity index (χ4n) is 2.79. The van der Waals surface area contributed by atoms with Crippen molar-refractivity contribution < 1.29 is 18.3 Å². The first-order valence-corrected chi connectivity index (χ1v) is 9.02. The molecular formula is C21H22F2N4O2. The van der Waals surface area contributed by atoms with Crippen molar-refractivity contribution >= 4 is 17.4 Å². The Morgan fingerprint density at radius 2 is 1.83 bits per heavy atom. The van der Waals surface area contributed by atoms with E-state index in [2.05, 4.69) is 10.4 Å². The minimum Gasteiger partial charge on any atom is -0.497 e. The number of halogens is 2. The van der Waals surface area contributed by atoms with Gasteiger partial charge < -0.3 is 15.0 Å². The van der Waals surface area contributed by atoms with Gasteiger partial charge in [0.05, 0.1) is 19.3 Å². The van der Waals surface area contributed by atoms with Crippen LogP contribution in [0.5, 0.6) is 5.75 Å². The van der Waals surface area contributed by atoms with Crippen LogP contribution in [-0.4, -0.2) is 41.8 Å². The Morgan fingerprint density at radius 3 is 2.45 bits per heavy atom. The Labute approximate surface area is 167 Å². The average Bonchev–Trinajstić information content (AvgIpc) is 3.11. The lowest BCUT2D eigenvalue weighted by Gasteiger charge is -2.11. The molecule has 1 aromatic heterocycles. The first-order valence-electron chi connectivity index (χ1n) is 9.02. The summed E-state index contributed by atoms with van der Waals surface area (Å²) in [5.74, 6) is -0.693. The maximum Gasteiger partial charge on any atom is 0.223 e. The number of hydrogen-bond acceptors (Lipinski definition) is 4. The van der Waals surface area contributed by atoms with Crippen molar-refractivity contribution in [1.29, 1.82) is 0 Å². The second-order valence-electron chi connectivity index (χ2n) is 6.66. The van der Waals surface area contributed by atoms with Crippen LogP contribution >= 0.6 is 0 Å². The molecular weight excluding hydrogens is 378 g/mol. The van der Waals surface area contributed by atoms with Crippen LogP contribution in [0.1, 0.15) is 6.42 Å². The van der Waals surface area contributed by atoms with Gasteiger partial charge in [0.25, 0.3) is 0 Å². The Balaban J connectivity index is 1.90. The number of aromatic nitrogens is 2. The van der Waals surface area contributed by atoms with E-state index >= 15 is 0 Å². The zero-order valence-electron chi connectivity index (χ0n) is 16.4. The Hall–Kier alpha value is -3.42. The minimum absolute atomic E-state index is 0.0173. The highest BCUT2D eigenvalue weighted by atomic mass is 19.2. The Kier molecular flexibility index (Phi) is 6.11. The molecule has 2 aromatic carbocycles. The summed E-state index contributed by atoms with van der Waals surface area (Å²) >= 11 is 0. The molecule has 0 unspecified atom stereocenters. The van der Waals surface area contributed by atoms with Crippen molar-refractivity contribution in [2.24, 2.45) is 0 Å². The van der Waals surface area contributed by atoms with Crippen molar-refractivity contribution in [3.05, 3.63) is 60.2 Å². The molecule has 6 nitrogen and oxygen atoms in total. The molecule has 0 spiro atoms. The van der Waals surface area contributed by atoms with Crippen LogP contribution in [0.3, 0.4) is 0 Å². The smallest absolute Gasteiger partial charge is 0.223 e. The molecule has 0 aliphatic rings. The standard InChI is InChI=1S/C21H22F2N4O2/c1-26(2)21(28)10-11-27-19(14-4-7-16(29-3)8-5-14)13-20(25-27)24-15-6-9-17(22)18(23)12-15/h4-9,12-13H,10-11H2,1-3H3,(H,24,25). The fourth-order valence-corrected chi connectivity index (χ4v) is 2.79. The molecule has 3 aromatic rings. The number of ether oxygens (including phenoxy) is 1. The van der Waals surface area contributed by atoms with Gasteiger partial charge in [-0.15, -0.1) is 0 Å². The van der Waals surface area contributed by atoms with Crippen LogP contribution in [0.25, 0.3) is 11.3 Å². The van der Waals surface area contributed by atoms with E-state index in [1.807, 2.05) is 24.3 Å². The van der Waals surface area contributed by atoms with E-state index in [0.29, 0.717) is 18.1 Å². The van der Waals surface area contributed by atoms with Crippen LogP contribution in [0, 0.1) is 11.6 Å². The number of carbonyl (C=O) groups is 1. The molecule has 0 atom stereocenters. The maximum absolute atomic E-state index is 13.5. The molecule has 0 saturated heterocycles. The van der Waals surface area contributed by atoms with Gasteiger partial charge in [-0.2, -0.15) is 5.10 Å². The quantitative estimate of drug-likeness (QED) is 0.650. The van der Waals surface area contributed by atoms with Gasteiger partial charge in [0.15, 0.2) is 17.5 Å². The number of rotatable bonds is 7. The largest absolute Gasteiger partial charge is 0.497 e. The molecule has 0 saturated carbocycles. The predicted octanol–water partition coefficient (Wildman–Crippen LogP) is 4.06. The minimum atomic E-state index is -0.943. The molecule has 1 N–H and O–H groups in total. The molecule has 0 aliphatic heterocycles. The number of carbonyl (C=O) groups excluding carboxylic acids is 1. The van der Waals surface area contributed by atoms with E-state index < -0.39 is 11.6 Å². The first-order chi connectivity index (χ1) is 13.9. The molecule has 152 valence electrons. The van der Waals surface area contributed by atoms with Gasteiger partial charge in [-0.05, 0) is 36.4 Å². The molecule has 3 rings (SSSR count). The van der Waals surface area contributed by atoms with Crippen LogP contribution < -0.4 is 10.1 Å². The van der Waals surface area contributed by atoms with E-state index in [4.69, 9.17) is 4.74 Å². The monoisotopic (exact) mass is 400 g/mol. The van der Waals surface area contributed by atoms with Gasteiger partial charge in [0.1, 0.15) is 5.75 Å². The van der Waals surface area contributed by atoms with Crippen LogP contribution in [0.15, 0.2) is 48.5 Å². The molecule has 8 heteroatoms. The van der Waals surface area contributed by atoms with Crippen LogP contribution in [0.4, 0.5) is 20.3 Å². The topological polar surface area (TPSA) is 59.4 Å². The zero-order valence-corrected chi connectivity index (χ0v) is 16.4. The number of hydrogen-bond donors (Lipinski definition) is 1. The number of nitrogens with zero attached hydrogens (tertiary/aromatic N) is 3. The van der Waals surface area contributed by atoms with Crippen molar-refractivity contribution in [2.75, 3.05) is 26.5 Å². The number of nitrogens with one attached hydrogen (secondary N) is 1. The number of aryl methyl sites for hydroxylation is 1. The lowest BCUT2D eigenvalue weighted by atomic mass is 10.1. The van der Waals surface area contributed by atoms with Crippen LogP contribution in [-0.2, 0) is 11.3 Å². The summed E-state index contributed by atoms with van der Waals surface area (Å²) in [6.07, 6.45) is 0.280. The van der Waals surface area contributed by atoms with Gasteiger partial charge in [-0.1, -0.05) is 0 Å². The second-order valence-corrected chi connectivity index (χ2v) is 6.66. The summed E-state index contributed by atoms with van der Waals surface area (Å²) in [6, 6.07) is 12.8. The van der Waals surface area contributed by atoms with E-state index in [-0.39, 0.29) is 12.3 Å². The summed E-state index contributed by atoms with van der Waals surface area (Å²) in [6.45, 7) is 0.373. The third kappa shape index (κ3) is 4.90. The predicted molar refractivity (Wildman–Crippen MR) is 107 cm³/mol. The molecule has 0 bridgehead atoms. The fraction of sp³-hybridized carbons (Fsp3) is 0.238. The summed E-state index contributed by atoms with van der Waals surface area (Å²) < 4.78 is 33.6. The summed E-state index contributed by atoms with van der Waals surface area (Å²) in [5, 5.41) is 7.47. The van der Waals surface area contributed by atoms with E-state index in [1.165, 1.54) is 11.0 Å². The summed E-state index contributed by atoms with van der Waals surface area (Å²) in [4.78, 5) is 13.5. The van der Waals surface area contributed by atoms with Crippen molar-refractivity contribution in [3.63, 3.8) is 0 Å². The van der Waals surface area contributed by atoms with E-state index in [9.17, 15) is 13.6 Å². The molecule has 0 radical (unpaired) electrons. The zero-order chi connectivity index (χ0) is 21.0. The molecule has 0 aliphatic carbocycles. The highest BCUT2D eigenvalue weighted by Gasteiger charge is 2.13. The molecule has 29 heavy (non-hydrogen) atoms. The highest BCUT2D eigenvalue weighted by Crippen LogP contribution is 2.27. The average molecular weight is 400 g/mol. The number of benzene rings is 2.